The molecule has 3 aliphatic rings. The molecule has 1 atom stereocenters. The molecule has 36 heavy (non-hydrogen) atoms. The van der Waals surface area contributed by atoms with E-state index < -0.39 is 0 Å². The van der Waals surface area contributed by atoms with Crippen LogP contribution in [0, 0.1) is 5.92 Å². The highest BCUT2D eigenvalue weighted by Gasteiger charge is 2.29. The molecule has 2 saturated heterocycles. The van der Waals surface area contributed by atoms with Gasteiger partial charge in [-0.25, -0.2) is 0 Å². The maximum Gasteiger partial charge on any atom is 0.251 e. The van der Waals surface area contributed by atoms with Crippen LogP contribution in [0.2, 0.25) is 5.02 Å². The predicted octanol–water partition coefficient (Wildman–Crippen LogP) is 5.64. The van der Waals surface area contributed by atoms with Crippen molar-refractivity contribution >= 4 is 23.4 Å². The zero-order chi connectivity index (χ0) is 25.1. The van der Waals surface area contributed by atoms with Gasteiger partial charge in [-0.05, 0) is 68.0 Å². The van der Waals surface area contributed by atoms with Crippen LogP contribution in [0.4, 0.5) is 0 Å². The van der Waals surface area contributed by atoms with Crippen molar-refractivity contribution in [2.24, 2.45) is 5.92 Å². The number of carbonyl (C=O) groups excluding carboxylic acids is 2. The Morgan fingerprint density at radius 2 is 1.78 bits per heavy atom. The molecular formula is C29H36ClN3O3. The zero-order valence-corrected chi connectivity index (χ0v) is 21.8. The molecule has 1 N–H and O–H groups in total. The fourth-order valence-electron chi connectivity index (χ4n) is 5.83. The Kier molecular flexibility index (Phi) is 7.82. The first-order valence-electron chi connectivity index (χ1n) is 13.3. The lowest BCUT2D eigenvalue weighted by atomic mass is 10.0. The molecule has 2 aliphatic heterocycles. The zero-order valence-electron chi connectivity index (χ0n) is 21.0. The smallest absolute Gasteiger partial charge is 0.251 e. The highest BCUT2D eigenvalue weighted by Crippen LogP contribution is 2.31. The van der Waals surface area contributed by atoms with Gasteiger partial charge in [-0.1, -0.05) is 37.4 Å². The van der Waals surface area contributed by atoms with Gasteiger partial charge in [-0.2, -0.15) is 0 Å². The number of benzene rings is 2. The Bertz CT molecular complexity index is 1080. The lowest BCUT2D eigenvalue weighted by Gasteiger charge is -2.36. The molecule has 1 aliphatic carbocycles. The van der Waals surface area contributed by atoms with E-state index in [2.05, 4.69) is 17.1 Å². The highest BCUT2D eigenvalue weighted by molar-refractivity contribution is 6.30. The maximum absolute atomic E-state index is 13.2. The predicted molar refractivity (Wildman–Crippen MR) is 141 cm³/mol. The number of rotatable bonds is 7. The summed E-state index contributed by atoms with van der Waals surface area (Å²) < 4.78 is 6.21. The Morgan fingerprint density at radius 3 is 2.44 bits per heavy atom. The molecule has 5 rings (SSSR count). The van der Waals surface area contributed by atoms with Gasteiger partial charge in [0.1, 0.15) is 11.5 Å². The fraction of sp³-hybridized carbons (Fsp3) is 0.517. The minimum Gasteiger partial charge on any atom is -0.457 e. The van der Waals surface area contributed by atoms with Gasteiger partial charge in [-0.3, -0.25) is 9.59 Å². The average molecular weight is 510 g/mol. The Hall–Kier alpha value is -2.57. The summed E-state index contributed by atoms with van der Waals surface area (Å²) in [6.45, 7) is 5.41. The number of hydrogen-bond donors (Lipinski definition) is 1. The van der Waals surface area contributed by atoms with E-state index in [9.17, 15) is 9.59 Å². The molecule has 2 aromatic rings. The number of likely N-dealkylation sites (tertiary alicyclic amines) is 2. The summed E-state index contributed by atoms with van der Waals surface area (Å²) in [5.41, 5.74) is 1.45. The van der Waals surface area contributed by atoms with Crippen molar-refractivity contribution in [2.45, 2.75) is 70.5 Å². The molecule has 2 heterocycles. The van der Waals surface area contributed by atoms with E-state index in [1.165, 1.54) is 25.7 Å². The van der Waals surface area contributed by atoms with Crippen molar-refractivity contribution in [1.29, 1.82) is 0 Å². The number of nitrogens with one attached hydrogen (secondary N) is 1. The summed E-state index contributed by atoms with van der Waals surface area (Å²) in [4.78, 5) is 30.1. The topological polar surface area (TPSA) is 61.9 Å². The van der Waals surface area contributed by atoms with Crippen LogP contribution in [0.1, 0.15) is 67.8 Å². The third-order valence-corrected chi connectivity index (χ3v) is 8.10. The fourth-order valence-corrected chi connectivity index (χ4v) is 5.95. The van der Waals surface area contributed by atoms with Crippen molar-refractivity contribution < 1.29 is 14.3 Å². The summed E-state index contributed by atoms with van der Waals surface area (Å²) >= 11 is 6.04. The Morgan fingerprint density at radius 1 is 1.06 bits per heavy atom. The molecule has 2 aromatic carbocycles. The SMILES string of the molecule is C[C@H]1CC(=O)N(Cc2ccc(C(=O)NC3CCN(C4CCCC4)CC3)cc2Oc2ccc(Cl)cc2)C1. The first kappa shape index (κ1) is 25.1. The third-order valence-electron chi connectivity index (χ3n) is 7.85. The number of carbonyl (C=O) groups is 2. The van der Waals surface area contributed by atoms with E-state index in [4.69, 9.17) is 16.3 Å². The Balaban J connectivity index is 1.28. The number of halogens is 1. The molecule has 0 unspecified atom stereocenters. The quantitative estimate of drug-likeness (QED) is 0.525. The van der Waals surface area contributed by atoms with E-state index in [0.717, 1.165) is 44.1 Å². The third kappa shape index (κ3) is 6.04. The van der Waals surface area contributed by atoms with Crippen LogP contribution in [-0.2, 0) is 11.3 Å². The van der Waals surface area contributed by atoms with E-state index in [1.807, 2.05) is 17.0 Å². The first-order chi connectivity index (χ1) is 17.4. The van der Waals surface area contributed by atoms with E-state index in [0.29, 0.717) is 41.0 Å². The molecule has 192 valence electrons. The first-order valence-corrected chi connectivity index (χ1v) is 13.7. The Labute approximate surface area is 218 Å². The lowest BCUT2D eigenvalue weighted by Crippen LogP contribution is -2.47. The maximum atomic E-state index is 13.2. The van der Waals surface area contributed by atoms with Gasteiger partial charge in [0.05, 0.1) is 0 Å². The van der Waals surface area contributed by atoms with Crippen LogP contribution in [-0.4, -0.2) is 53.3 Å². The molecule has 0 aromatic heterocycles. The molecule has 3 fully saturated rings. The van der Waals surface area contributed by atoms with Crippen LogP contribution in [0.25, 0.3) is 0 Å². The van der Waals surface area contributed by atoms with E-state index >= 15 is 0 Å². The van der Waals surface area contributed by atoms with E-state index in [1.54, 1.807) is 30.3 Å². The van der Waals surface area contributed by atoms with Gasteiger partial charge in [-0.15, -0.1) is 0 Å². The minimum absolute atomic E-state index is 0.0762. The second kappa shape index (κ2) is 11.2. The van der Waals surface area contributed by atoms with Crippen LogP contribution in [0.15, 0.2) is 42.5 Å². The molecule has 6 nitrogen and oxygen atoms in total. The number of nitrogens with zero attached hydrogens (tertiary/aromatic N) is 2. The van der Waals surface area contributed by atoms with E-state index in [-0.39, 0.29) is 17.9 Å². The molecule has 2 amide bonds. The van der Waals surface area contributed by atoms with Crippen molar-refractivity contribution in [1.82, 2.24) is 15.1 Å². The monoisotopic (exact) mass is 509 g/mol. The van der Waals surface area contributed by atoms with Gasteiger partial charge < -0.3 is 19.9 Å². The average Bonchev–Trinajstić information content (AvgIpc) is 3.51. The van der Waals surface area contributed by atoms with Gasteiger partial charge in [0.2, 0.25) is 5.91 Å². The van der Waals surface area contributed by atoms with Gasteiger partial charge in [0.15, 0.2) is 0 Å². The molecular weight excluding hydrogens is 474 g/mol. The standard InChI is InChI=1S/C29H36ClN3O3/c1-20-16-28(34)33(18-20)19-22-7-6-21(17-27(22)36-26-10-8-23(30)9-11-26)29(35)31-24-12-14-32(15-13-24)25-4-2-3-5-25/h6-11,17,20,24-25H,2-5,12-16,18-19H2,1H3,(H,31,35)/t20-/m0/s1. The minimum atomic E-state index is -0.0762. The number of hydrogen-bond acceptors (Lipinski definition) is 4. The molecule has 0 spiro atoms. The molecule has 1 saturated carbocycles. The number of piperidine rings is 1. The van der Waals surface area contributed by atoms with Crippen molar-refractivity contribution in [3.05, 3.63) is 58.6 Å². The lowest BCUT2D eigenvalue weighted by molar-refractivity contribution is -0.128. The summed E-state index contributed by atoms with van der Waals surface area (Å²) in [5, 5.41) is 3.88. The normalized spacial score (nSPS) is 21.8. The summed E-state index contributed by atoms with van der Waals surface area (Å²) in [6, 6.07) is 13.7. The summed E-state index contributed by atoms with van der Waals surface area (Å²) in [7, 11) is 0. The van der Waals surface area contributed by atoms with Gasteiger partial charge >= 0.3 is 0 Å². The van der Waals surface area contributed by atoms with Crippen LogP contribution in [0.3, 0.4) is 0 Å². The summed E-state index contributed by atoms with van der Waals surface area (Å²) in [5.74, 6) is 1.66. The second-order valence-electron chi connectivity index (χ2n) is 10.7. The second-order valence-corrected chi connectivity index (χ2v) is 11.1. The molecule has 0 bridgehead atoms. The number of amides is 2. The largest absolute Gasteiger partial charge is 0.457 e. The van der Waals surface area contributed by atoms with Gasteiger partial charge in [0.25, 0.3) is 5.91 Å². The van der Waals surface area contributed by atoms with Gasteiger partial charge in [0, 0.05) is 60.8 Å². The van der Waals surface area contributed by atoms with Crippen molar-refractivity contribution in [2.75, 3.05) is 19.6 Å². The highest BCUT2D eigenvalue weighted by atomic mass is 35.5. The molecule has 0 radical (unpaired) electrons. The number of ether oxygens (including phenoxy) is 1. The van der Waals surface area contributed by atoms with Crippen molar-refractivity contribution in [3.8, 4) is 11.5 Å². The van der Waals surface area contributed by atoms with Crippen LogP contribution in [0.5, 0.6) is 11.5 Å². The van der Waals surface area contributed by atoms with Crippen LogP contribution < -0.4 is 10.1 Å². The van der Waals surface area contributed by atoms with Crippen molar-refractivity contribution in [3.63, 3.8) is 0 Å². The molecule has 7 heteroatoms. The summed E-state index contributed by atoms with van der Waals surface area (Å²) in [6.07, 6.45) is 7.90. The van der Waals surface area contributed by atoms with Crippen LogP contribution >= 0.6 is 11.6 Å².